The fourth-order valence-electron chi connectivity index (χ4n) is 4.43. The van der Waals surface area contributed by atoms with E-state index in [-0.39, 0.29) is 16.7 Å². The van der Waals surface area contributed by atoms with Gasteiger partial charge in [-0.05, 0) is 63.5 Å². The zero-order valence-corrected chi connectivity index (χ0v) is 17.7. The molecule has 0 aromatic heterocycles. The average Bonchev–Trinajstić information content (AvgIpc) is 2.70. The van der Waals surface area contributed by atoms with E-state index in [0.29, 0.717) is 22.9 Å². The van der Waals surface area contributed by atoms with E-state index in [1.54, 1.807) is 6.07 Å². The van der Waals surface area contributed by atoms with Crippen molar-refractivity contribution in [3.8, 4) is 0 Å². The van der Waals surface area contributed by atoms with Crippen LogP contribution >= 0.6 is 11.6 Å². The molecule has 1 heterocycles. The minimum atomic E-state index is -0.359. The summed E-state index contributed by atoms with van der Waals surface area (Å²) in [5.74, 6) is 0. The number of nitro groups is 1. The molecule has 0 amide bonds. The van der Waals surface area contributed by atoms with Crippen LogP contribution in [0.25, 0.3) is 0 Å². The van der Waals surface area contributed by atoms with Gasteiger partial charge in [0.05, 0.1) is 16.0 Å². The number of aryl methyl sites for hydroxylation is 1. The normalized spacial score (nSPS) is 24.2. The monoisotopic (exact) mass is 409 g/mol. The summed E-state index contributed by atoms with van der Waals surface area (Å²) in [6.45, 7) is 7.00. The predicted molar refractivity (Wildman–Crippen MR) is 113 cm³/mol. The molecule has 2 aliphatic rings. The molecule has 28 heavy (non-hydrogen) atoms. The van der Waals surface area contributed by atoms with Crippen LogP contribution in [0.1, 0.15) is 57.4 Å². The van der Waals surface area contributed by atoms with Crippen LogP contribution in [0.15, 0.2) is 12.1 Å². The highest BCUT2D eigenvalue weighted by Gasteiger charge is 2.30. The summed E-state index contributed by atoms with van der Waals surface area (Å²) in [6, 6.07) is 4.17. The van der Waals surface area contributed by atoms with Crippen molar-refractivity contribution in [1.82, 2.24) is 4.90 Å². The molecular weight excluding hydrogens is 378 g/mol. The number of benzene rings is 1. The van der Waals surface area contributed by atoms with E-state index in [1.807, 2.05) is 6.92 Å². The van der Waals surface area contributed by atoms with E-state index in [9.17, 15) is 10.1 Å². The Morgan fingerprint density at radius 3 is 2.50 bits per heavy atom. The van der Waals surface area contributed by atoms with Gasteiger partial charge in [0.15, 0.2) is 0 Å². The van der Waals surface area contributed by atoms with E-state index in [2.05, 4.69) is 17.1 Å². The number of halogens is 1. The molecule has 0 unspecified atom stereocenters. The van der Waals surface area contributed by atoms with Gasteiger partial charge in [-0.1, -0.05) is 18.5 Å². The van der Waals surface area contributed by atoms with Crippen LogP contribution in [-0.2, 0) is 4.74 Å². The molecule has 1 aliphatic heterocycles. The number of rotatable bonds is 7. The molecule has 156 valence electrons. The van der Waals surface area contributed by atoms with Crippen molar-refractivity contribution >= 4 is 23.0 Å². The molecule has 1 saturated carbocycles. The lowest BCUT2D eigenvalue weighted by Crippen LogP contribution is -2.46. The van der Waals surface area contributed by atoms with Crippen LogP contribution in [0.5, 0.6) is 0 Å². The number of ether oxygens (including phenoxy) is 1. The van der Waals surface area contributed by atoms with Gasteiger partial charge >= 0.3 is 0 Å². The maximum Gasteiger partial charge on any atom is 0.293 e. The molecular formula is C21H32ClN3O3. The predicted octanol–water partition coefficient (Wildman–Crippen LogP) is 5.17. The fourth-order valence-corrected chi connectivity index (χ4v) is 4.59. The second kappa shape index (κ2) is 9.90. The van der Waals surface area contributed by atoms with Crippen molar-refractivity contribution in [3.05, 3.63) is 32.8 Å². The number of hydrogen-bond acceptors (Lipinski definition) is 5. The quantitative estimate of drug-likeness (QED) is 0.497. The van der Waals surface area contributed by atoms with Crippen molar-refractivity contribution in [1.29, 1.82) is 0 Å². The van der Waals surface area contributed by atoms with Gasteiger partial charge in [-0.15, -0.1) is 0 Å². The standard InChI is InChI=1S/C21H32ClN3O3/c1-3-12-28-18-6-4-17(5-7-18)24-10-8-16(9-11-24)23-20-13-15(2)19(22)14-21(20)25(26)27/h13-14,16-18,23H,3-12H2,1-2H3/t17-,18+. The first-order chi connectivity index (χ1) is 13.5. The first kappa shape index (κ1) is 21.3. The summed E-state index contributed by atoms with van der Waals surface area (Å²) in [6.07, 6.45) is 8.31. The van der Waals surface area contributed by atoms with Crippen LogP contribution < -0.4 is 5.32 Å². The van der Waals surface area contributed by atoms with Gasteiger partial charge in [-0.3, -0.25) is 10.1 Å². The largest absolute Gasteiger partial charge is 0.378 e. The molecule has 0 spiro atoms. The van der Waals surface area contributed by atoms with E-state index in [0.717, 1.165) is 44.5 Å². The maximum absolute atomic E-state index is 11.4. The summed E-state index contributed by atoms with van der Waals surface area (Å²) >= 11 is 6.07. The van der Waals surface area contributed by atoms with E-state index in [4.69, 9.17) is 16.3 Å². The van der Waals surface area contributed by atoms with Gasteiger partial charge in [0.25, 0.3) is 5.69 Å². The van der Waals surface area contributed by atoms with Crippen molar-refractivity contribution in [3.63, 3.8) is 0 Å². The second-order valence-electron chi connectivity index (χ2n) is 8.13. The van der Waals surface area contributed by atoms with Crippen molar-refractivity contribution in [2.45, 2.75) is 77.0 Å². The Labute approximate surface area is 172 Å². The van der Waals surface area contributed by atoms with Gasteiger partial charge in [-0.25, -0.2) is 0 Å². The number of nitrogens with zero attached hydrogens (tertiary/aromatic N) is 2. The van der Waals surface area contributed by atoms with Crippen LogP contribution in [0.3, 0.4) is 0 Å². The zero-order chi connectivity index (χ0) is 20.1. The molecule has 1 N–H and O–H groups in total. The highest BCUT2D eigenvalue weighted by Crippen LogP contribution is 2.33. The highest BCUT2D eigenvalue weighted by molar-refractivity contribution is 6.31. The maximum atomic E-state index is 11.4. The minimum absolute atomic E-state index is 0.0587. The third-order valence-corrected chi connectivity index (χ3v) is 6.49. The molecule has 0 atom stereocenters. The lowest BCUT2D eigenvalue weighted by Gasteiger charge is -2.41. The highest BCUT2D eigenvalue weighted by atomic mass is 35.5. The van der Waals surface area contributed by atoms with Gasteiger partial charge in [0.1, 0.15) is 5.69 Å². The van der Waals surface area contributed by atoms with E-state index >= 15 is 0 Å². The molecule has 1 aromatic carbocycles. The van der Waals surface area contributed by atoms with Crippen LogP contribution in [0, 0.1) is 17.0 Å². The first-order valence-electron chi connectivity index (χ1n) is 10.5. The Bertz CT molecular complexity index is 669. The fraction of sp³-hybridized carbons (Fsp3) is 0.714. The average molecular weight is 410 g/mol. The molecule has 1 saturated heterocycles. The Hall–Kier alpha value is -1.37. The number of nitro benzene ring substituents is 1. The molecule has 3 rings (SSSR count). The Balaban J connectivity index is 1.50. The number of piperidine rings is 1. The van der Waals surface area contributed by atoms with E-state index < -0.39 is 0 Å². The van der Waals surface area contributed by atoms with Crippen LogP contribution in [0.2, 0.25) is 5.02 Å². The molecule has 6 nitrogen and oxygen atoms in total. The molecule has 2 fully saturated rings. The first-order valence-corrected chi connectivity index (χ1v) is 10.9. The Morgan fingerprint density at radius 2 is 1.89 bits per heavy atom. The van der Waals surface area contributed by atoms with Crippen molar-refractivity contribution in [2.24, 2.45) is 0 Å². The lowest BCUT2D eigenvalue weighted by atomic mass is 9.90. The molecule has 0 bridgehead atoms. The molecule has 1 aliphatic carbocycles. The van der Waals surface area contributed by atoms with Gasteiger partial charge in [0.2, 0.25) is 0 Å². The number of nitrogens with one attached hydrogen (secondary N) is 1. The number of anilines is 1. The van der Waals surface area contributed by atoms with Crippen LogP contribution in [-0.4, -0.2) is 47.7 Å². The molecule has 7 heteroatoms. The zero-order valence-electron chi connectivity index (χ0n) is 17.0. The topological polar surface area (TPSA) is 67.6 Å². The number of hydrogen-bond donors (Lipinski definition) is 1. The van der Waals surface area contributed by atoms with Crippen molar-refractivity contribution < 1.29 is 9.66 Å². The van der Waals surface area contributed by atoms with Crippen LogP contribution in [0.4, 0.5) is 11.4 Å². The summed E-state index contributed by atoms with van der Waals surface area (Å²) in [4.78, 5) is 13.6. The van der Waals surface area contributed by atoms with Gasteiger partial charge in [0, 0.05) is 37.8 Å². The summed E-state index contributed by atoms with van der Waals surface area (Å²) in [5, 5.41) is 15.2. The lowest BCUT2D eigenvalue weighted by molar-refractivity contribution is -0.384. The molecule has 1 aromatic rings. The third-order valence-electron chi connectivity index (χ3n) is 6.08. The molecule has 0 radical (unpaired) electrons. The summed E-state index contributed by atoms with van der Waals surface area (Å²) < 4.78 is 5.91. The SMILES string of the molecule is CCCO[C@H]1CC[C@@H](N2CCC(Nc3cc(C)c(Cl)cc3[N+](=O)[O-])CC2)CC1. The number of likely N-dealkylation sites (tertiary alicyclic amines) is 1. The van der Waals surface area contributed by atoms with Gasteiger partial charge < -0.3 is 15.0 Å². The minimum Gasteiger partial charge on any atom is -0.378 e. The third kappa shape index (κ3) is 5.37. The second-order valence-corrected chi connectivity index (χ2v) is 8.54. The van der Waals surface area contributed by atoms with Gasteiger partial charge in [-0.2, -0.15) is 0 Å². The summed E-state index contributed by atoms with van der Waals surface area (Å²) in [7, 11) is 0. The van der Waals surface area contributed by atoms with E-state index in [1.165, 1.54) is 31.7 Å². The Morgan fingerprint density at radius 1 is 1.21 bits per heavy atom. The Kier molecular flexibility index (Phi) is 7.55. The van der Waals surface area contributed by atoms with Crippen molar-refractivity contribution in [2.75, 3.05) is 25.0 Å². The smallest absolute Gasteiger partial charge is 0.293 e. The summed E-state index contributed by atoms with van der Waals surface area (Å²) in [5.41, 5.74) is 1.50.